The molecule has 1 aromatic carbocycles. The standard InChI is InChI=1S/C14H18ClF3N2O/c1-3-4-7-20(2)13(21)9-19-10-5-6-12(15)11(8-10)14(16,17)18/h5-6,8,19H,3-4,7,9H2,1-2H3. The summed E-state index contributed by atoms with van der Waals surface area (Å²) in [6.45, 7) is 2.59. The van der Waals surface area contributed by atoms with E-state index >= 15 is 0 Å². The van der Waals surface area contributed by atoms with Crippen molar-refractivity contribution in [3.63, 3.8) is 0 Å². The minimum Gasteiger partial charge on any atom is -0.376 e. The summed E-state index contributed by atoms with van der Waals surface area (Å²) in [5.41, 5.74) is -0.704. The van der Waals surface area contributed by atoms with Crippen LogP contribution in [0.25, 0.3) is 0 Å². The Balaban J connectivity index is 2.66. The highest BCUT2D eigenvalue weighted by molar-refractivity contribution is 6.31. The number of carbonyl (C=O) groups is 1. The molecule has 1 N–H and O–H groups in total. The summed E-state index contributed by atoms with van der Waals surface area (Å²) in [5.74, 6) is -0.174. The van der Waals surface area contributed by atoms with E-state index in [9.17, 15) is 18.0 Å². The van der Waals surface area contributed by atoms with Crippen LogP contribution in [0.1, 0.15) is 25.3 Å². The molecule has 0 saturated carbocycles. The first-order valence-corrected chi connectivity index (χ1v) is 6.98. The fraction of sp³-hybridized carbons (Fsp3) is 0.500. The number of nitrogens with one attached hydrogen (secondary N) is 1. The van der Waals surface area contributed by atoms with Crippen molar-refractivity contribution >= 4 is 23.2 Å². The number of benzene rings is 1. The van der Waals surface area contributed by atoms with Gasteiger partial charge in [-0.25, -0.2) is 0 Å². The van der Waals surface area contributed by atoms with Crippen molar-refractivity contribution in [2.75, 3.05) is 25.5 Å². The molecule has 0 radical (unpaired) electrons. The Bertz CT molecular complexity index is 492. The van der Waals surface area contributed by atoms with Gasteiger partial charge in [-0.05, 0) is 24.6 Å². The van der Waals surface area contributed by atoms with Crippen LogP contribution in [-0.2, 0) is 11.0 Å². The average Bonchev–Trinajstić information content (AvgIpc) is 2.42. The third-order valence-corrected chi connectivity index (χ3v) is 3.32. The number of halogens is 4. The fourth-order valence-electron chi connectivity index (χ4n) is 1.69. The Morgan fingerprint density at radius 3 is 2.62 bits per heavy atom. The van der Waals surface area contributed by atoms with Gasteiger partial charge in [0.05, 0.1) is 17.1 Å². The molecule has 0 saturated heterocycles. The van der Waals surface area contributed by atoms with E-state index in [1.807, 2.05) is 6.92 Å². The SMILES string of the molecule is CCCCN(C)C(=O)CNc1ccc(Cl)c(C(F)(F)F)c1. The Morgan fingerprint density at radius 1 is 1.38 bits per heavy atom. The van der Waals surface area contributed by atoms with E-state index in [2.05, 4.69) is 5.32 Å². The number of alkyl halides is 3. The molecule has 0 aliphatic heterocycles. The molecule has 1 rings (SSSR count). The summed E-state index contributed by atoms with van der Waals surface area (Å²) >= 11 is 5.53. The zero-order valence-electron chi connectivity index (χ0n) is 11.9. The molecule has 0 atom stereocenters. The van der Waals surface area contributed by atoms with Crippen LogP contribution in [-0.4, -0.2) is 30.9 Å². The number of unbranched alkanes of at least 4 members (excludes halogenated alkanes) is 1. The first-order chi connectivity index (χ1) is 9.75. The molecular weight excluding hydrogens is 305 g/mol. The topological polar surface area (TPSA) is 32.3 Å². The van der Waals surface area contributed by atoms with Gasteiger partial charge in [0, 0.05) is 19.3 Å². The number of hydrogen-bond donors (Lipinski definition) is 1. The predicted molar refractivity (Wildman–Crippen MR) is 77.5 cm³/mol. The second-order valence-corrected chi connectivity index (χ2v) is 5.12. The highest BCUT2D eigenvalue weighted by Gasteiger charge is 2.33. The van der Waals surface area contributed by atoms with Gasteiger partial charge in [-0.2, -0.15) is 13.2 Å². The number of likely N-dealkylation sites (N-methyl/N-ethyl adjacent to an activating group) is 1. The summed E-state index contributed by atoms with van der Waals surface area (Å²) in [4.78, 5) is 13.3. The van der Waals surface area contributed by atoms with E-state index in [0.29, 0.717) is 6.54 Å². The third-order valence-electron chi connectivity index (χ3n) is 2.99. The number of anilines is 1. The highest BCUT2D eigenvalue weighted by atomic mass is 35.5. The monoisotopic (exact) mass is 322 g/mol. The summed E-state index contributed by atoms with van der Waals surface area (Å²) in [5, 5.41) is 2.33. The molecule has 1 amide bonds. The van der Waals surface area contributed by atoms with Crippen molar-refractivity contribution in [2.24, 2.45) is 0 Å². The lowest BCUT2D eigenvalue weighted by atomic mass is 10.2. The average molecular weight is 323 g/mol. The van der Waals surface area contributed by atoms with E-state index in [-0.39, 0.29) is 23.2 Å². The molecule has 7 heteroatoms. The van der Waals surface area contributed by atoms with Gasteiger partial charge in [0.15, 0.2) is 0 Å². The van der Waals surface area contributed by atoms with Gasteiger partial charge >= 0.3 is 6.18 Å². The lowest BCUT2D eigenvalue weighted by Gasteiger charge is -2.18. The van der Waals surface area contributed by atoms with Crippen molar-refractivity contribution < 1.29 is 18.0 Å². The van der Waals surface area contributed by atoms with Crippen LogP contribution in [0, 0.1) is 0 Å². The molecule has 1 aromatic rings. The third kappa shape index (κ3) is 5.46. The zero-order chi connectivity index (χ0) is 16.0. The molecule has 21 heavy (non-hydrogen) atoms. The fourth-order valence-corrected chi connectivity index (χ4v) is 1.91. The Hall–Kier alpha value is -1.43. The number of rotatable bonds is 6. The Kier molecular flexibility index (Phi) is 6.33. The van der Waals surface area contributed by atoms with Crippen LogP contribution in [0.2, 0.25) is 5.02 Å². The maximum atomic E-state index is 12.7. The van der Waals surface area contributed by atoms with Gasteiger partial charge in [0.25, 0.3) is 0 Å². The van der Waals surface area contributed by atoms with Gasteiger partial charge in [-0.3, -0.25) is 4.79 Å². The largest absolute Gasteiger partial charge is 0.417 e. The molecule has 3 nitrogen and oxygen atoms in total. The van der Waals surface area contributed by atoms with Crippen molar-refractivity contribution in [3.8, 4) is 0 Å². The molecule has 0 spiro atoms. The minimum atomic E-state index is -4.52. The van der Waals surface area contributed by atoms with Crippen LogP contribution in [0.5, 0.6) is 0 Å². The van der Waals surface area contributed by atoms with Crippen LogP contribution in [0.4, 0.5) is 18.9 Å². The molecule has 0 aliphatic carbocycles. The van der Waals surface area contributed by atoms with E-state index in [1.165, 1.54) is 6.07 Å². The van der Waals surface area contributed by atoms with Gasteiger partial charge in [0.2, 0.25) is 5.91 Å². The maximum absolute atomic E-state index is 12.7. The lowest BCUT2D eigenvalue weighted by molar-refractivity contribution is -0.137. The van der Waals surface area contributed by atoms with Gasteiger partial charge in [-0.15, -0.1) is 0 Å². The second kappa shape index (κ2) is 7.54. The molecule has 0 bridgehead atoms. The first-order valence-electron chi connectivity index (χ1n) is 6.60. The molecule has 0 heterocycles. The minimum absolute atomic E-state index is 0.0564. The van der Waals surface area contributed by atoms with Gasteiger partial charge in [0.1, 0.15) is 0 Å². The van der Waals surface area contributed by atoms with Crippen molar-refractivity contribution in [1.29, 1.82) is 0 Å². The Morgan fingerprint density at radius 2 is 2.05 bits per heavy atom. The molecule has 0 aromatic heterocycles. The number of nitrogens with zero attached hydrogens (tertiary/aromatic N) is 1. The smallest absolute Gasteiger partial charge is 0.376 e. The van der Waals surface area contributed by atoms with E-state index in [4.69, 9.17) is 11.6 Å². The van der Waals surface area contributed by atoms with Crippen molar-refractivity contribution in [2.45, 2.75) is 25.9 Å². The molecule has 0 fully saturated rings. The maximum Gasteiger partial charge on any atom is 0.417 e. The Labute approximate surface area is 127 Å². The predicted octanol–water partition coefficient (Wildman–Crippen LogP) is 4.03. The van der Waals surface area contributed by atoms with E-state index in [1.54, 1.807) is 11.9 Å². The zero-order valence-corrected chi connectivity index (χ0v) is 12.7. The highest BCUT2D eigenvalue weighted by Crippen LogP contribution is 2.36. The van der Waals surface area contributed by atoms with Crippen LogP contribution in [0.15, 0.2) is 18.2 Å². The number of carbonyl (C=O) groups excluding carboxylic acids is 1. The molecular formula is C14H18ClF3N2O. The van der Waals surface area contributed by atoms with Crippen molar-refractivity contribution in [1.82, 2.24) is 4.90 Å². The van der Waals surface area contributed by atoms with Crippen LogP contribution >= 0.6 is 11.6 Å². The quantitative estimate of drug-likeness (QED) is 0.857. The first kappa shape index (κ1) is 17.6. The van der Waals surface area contributed by atoms with Crippen LogP contribution < -0.4 is 5.32 Å². The molecule has 0 aliphatic rings. The lowest BCUT2D eigenvalue weighted by Crippen LogP contribution is -2.32. The summed E-state index contributed by atoms with van der Waals surface area (Å²) in [7, 11) is 1.67. The van der Waals surface area contributed by atoms with Crippen molar-refractivity contribution in [3.05, 3.63) is 28.8 Å². The molecule has 118 valence electrons. The van der Waals surface area contributed by atoms with Gasteiger partial charge < -0.3 is 10.2 Å². The number of amides is 1. The van der Waals surface area contributed by atoms with Crippen LogP contribution in [0.3, 0.4) is 0 Å². The number of hydrogen-bond acceptors (Lipinski definition) is 2. The van der Waals surface area contributed by atoms with Gasteiger partial charge in [-0.1, -0.05) is 24.9 Å². The summed E-state index contributed by atoms with van der Waals surface area (Å²) < 4.78 is 38.1. The van der Waals surface area contributed by atoms with E-state index in [0.717, 1.165) is 25.0 Å². The molecule has 0 unspecified atom stereocenters. The summed E-state index contributed by atoms with van der Waals surface area (Å²) in [6.07, 6.45) is -2.66. The summed E-state index contributed by atoms with van der Waals surface area (Å²) in [6, 6.07) is 3.48. The van der Waals surface area contributed by atoms with E-state index < -0.39 is 11.7 Å². The second-order valence-electron chi connectivity index (χ2n) is 4.71. The normalized spacial score (nSPS) is 11.3.